The zero-order valence-corrected chi connectivity index (χ0v) is 9.58. The maximum atomic E-state index is 13.1. The number of nitrogens with zero attached hydrogens (tertiary/aromatic N) is 1. The third-order valence-electron chi connectivity index (χ3n) is 2.62. The van der Waals surface area contributed by atoms with Crippen molar-refractivity contribution >= 4 is 0 Å². The zero-order chi connectivity index (χ0) is 14.0. The van der Waals surface area contributed by atoms with E-state index in [0.717, 1.165) is 24.4 Å². The number of hydrogen-bond donors (Lipinski definition) is 1. The Hall–Kier alpha value is -1.95. The molecule has 2 rings (SSSR count). The van der Waals surface area contributed by atoms with Gasteiger partial charge in [-0.15, -0.1) is 0 Å². The van der Waals surface area contributed by atoms with Crippen LogP contribution in [0.2, 0.25) is 0 Å². The SMILES string of the molecule is OCc1cc(C(F)(F)F)ccc1-c1cncc(F)c1. The molecule has 2 aromatic rings. The largest absolute Gasteiger partial charge is 0.416 e. The van der Waals surface area contributed by atoms with Crippen LogP contribution in [0.3, 0.4) is 0 Å². The fourth-order valence-corrected chi connectivity index (χ4v) is 1.74. The predicted octanol–water partition coefficient (Wildman–Crippen LogP) is 3.40. The predicted molar refractivity (Wildman–Crippen MR) is 60.6 cm³/mol. The Kier molecular flexibility index (Phi) is 3.53. The standard InChI is InChI=1S/C13H9F4NO/c14-11-4-8(5-18-6-11)12-2-1-10(13(15,16)17)3-9(12)7-19/h1-6,19H,7H2. The lowest BCUT2D eigenvalue weighted by Gasteiger charge is -2.12. The summed E-state index contributed by atoms with van der Waals surface area (Å²) < 4.78 is 50.7. The number of aromatic nitrogens is 1. The Balaban J connectivity index is 2.53. The van der Waals surface area contributed by atoms with Crippen LogP contribution >= 0.6 is 0 Å². The van der Waals surface area contributed by atoms with Gasteiger partial charge in [-0.05, 0) is 29.3 Å². The molecular formula is C13H9F4NO. The highest BCUT2D eigenvalue weighted by Crippen LogP contribution is 2.33. The lowest BCUT2D eigenvalue weighted by Crippen LogP contribution is -2.06. The van der Waals surface area contributed by atoms with Crippen LogP contribution in [0.4, 0.5) is 17.6 Å². The quantitative estimate of drug-likeness (QED) is 0.849. The van der Waals surface area contributed by atoms with Crippen LogP contribution in [0.1, 0.15) is 11.1 Å². The molecule has 2 nitrogen and oxygen atoms in total. The molecule has 19 heavy (non-hydrogen) atoms. The van der Waals surface area contributed by atoms with Crippen molar-refractivity contribution in [2.75, 3.05) is 0 Å². The Labute approximate surface area is 106 Å². The Morgan fingerprint density at radius 1 is 1.11 bits per heavy atom. The molecule has 0 saturated carbocycles. The molecule has 0 amide bonds. The van der Waals surface area contributed by atoms with Gasteiger partial charge in [0, 0.05) is 11.8 Å². The minimum absolute atomic E-state index is 0.0715. The molecule has 100 valence electrons. The van der Waals surface area contributed by atoms with Crippen LogP contribution in [0.5, 0.6) is 0 Å². The molecule has 0 saturated heterocycles. The highest BCUT2D eigenvalue weighted by Gasteiger charge is 2.31. The molecule has 1 aromatic carbocycles. The van der Waals surface area contributed by atoms with E-state index in [-0.39, 0.29) is 5.56 Å². The van der Waals surface area contributed by atoms with E-state index < -0.39 is 24.2 Å². The van der Waals surface area contributed by atoms with E-state index in [2.05, 4.69) is 4.98 Å². The first kappa shape index (κ1) is 13.5. The number of rotatable bonds is 2. The minimum Gasteiger partial charge on any atom is -0.392 e. The molecule has 0 spiro atoms. The molecule has 0 fully saturated rings. The molecule has 1 aromatic heterocycles. The normalized spacial score (nSPS) is 11.6. The number of aliphatic hydroxyl groups is 1. The fourth-order valence-electron chi connectivity index (χ4n) is 1.74. The van der Waals surface area contributed by atoms with Crippen molar-refractivity contribution in [3.8, 4) is 11.1 Å². The first-order valence-electron chi connectivity index (χ1n) is 5.33. The van der Waals surface area contributed by atoms with Crippen molar-refractivity contribution in [1.29, 1.82) is 0 Å². The van der Waals surface area contributed by atoms with Crippen LogP contribution < -0.4 is 0 Å². The molecule has 0 aliphatic rings. The van der Waals surface area contributed by atoms with Gasteiger partial charge < -0.3 is 5.11 Å². The molecular weight excluding hydrogens is 262 g/mol. The van der Waals surface area contributed by atoms with E-state index in [1.807, 2.05) is 0 Å². The average molecular weight is 271 g/mol. The van der Waals surface area contributed by atoms with Crippen LogP contribution in [0, 0.1) is 5.82 Å². The van der Waals surface area contributed by atoms with Gasteiger partial charge >= 0.3 is 6.18 Å². The van der Waals surface area contributed by atoms with Crippen molar-refractivity contribution in [3.63, 3.8) is 0 Å². The average Bonchev–Trinajstić information content (AvgIpc) is 2.37. The second-order valence-electron chi connectivity index (χ2n) is 3.92. The summed E-state index contributed by atoms with van der Waals surface area (Å²) >= 11 is 0. The van der Waals surface area contributed by atoms with E-state index in [0.29, 0.717) is 11.1 Å². The van der Waals surface area contributed by atoms with E-state index >= 15 is 0 Å². The summed E-state index contributed by atoms with van der Waals surface area (Å²) in [7, 11) is 0. The van der Waals surface area contributed by atoms with E-state index in [1.54, 1.807) is 0 Å². The van der Waals surface area contributed by atoms with Crippen LogP contribution in [0.25, 0.3) is 11.1 Å². The van der Waals surface area contributed by atoms with Gasteiger partial charge in [-0.2, -0.15) is 13.2 Å². The molecule has 0 aliphatic carbocycles. The Morgan fingerprint density at radius 3 is 2.42 bits per heavy atom. The summed E-state index contributed by atoms with van der Waals surface area (Å²) in [5.74, 6) is -0.596. The topological polar surface area (TPSA) is 33.1 Å². The monoisotopic (exact) mass is 271 g/mol. The lowest BCUT2D eigenvalue weighted by molar-refractivity contribution is -0.137. The molecule has 0 bridgehead atoms. The van der Waals surface area contributed by atoms with Gasteiger partial charge in [-0.25, -0.2) is 4.39 Å². The maximum Gasteiger partial charge on any atom is 0.416 e. The van der Waals surface area contributed by atoms with E-state index in [4.69, 9.17) is 5.11 Å². The molecule has 0 aliphatic heterocycles. The molecule has 0 unspecified atom stereocenters. The van der Waals surface area contributed by atoms with Gasteiger partial charge in [0.25, 0.3) is 0 Å². The minimum atomic E-state index is -4.48. The third kappa shape index (κ3) is 2.90. The Morgan fingerprint density at radius 2 is 1.84 bits per heavy atom. The third-order valence-corrected chi connectivity index (χ3v) is 2.62. The first-order chi connectivity index (χ1) is 8.91. The number of benzene rings is 1. The highest BCUT2D eigenvalue weighted by molar-refractivity contribution is 5.67. The van der Waals surface area contributed by atoms with Gasteiger partial charge in [0.1, 0.15) is 5.82 Å². The van der Waals surface area contributed by atoms with Gasteiger partial charge in [0.15, 0.2) is 0 Å². The summed E-state index contributed by atoms with van der Waals surface area (Å²) in [6, 6.07) is 4.08. The van der Waals surface area contributed by atoms with Crippen LogP contribution in [0.15, 0.2) is 36.7 Å². The highest BCUT2D eigenvalue weighted by atomic mass is 19.4. The molecule has 6 heteroatoms. The second-order valence-corrected chi connectivity index (χ2v) is 3.92. The van der Waals surface area contributed by atoms with Crippen LogP contribution in [-0.4, -0.2) is 10.1 Å². The molecule has 1 N–H and O–H groups in total. The van der Waals surface area contributed by atoms with Crippen LogP contribution in [-0.2, 0) is 12.8 Å². The van der Waals surface area contributed by atoms with Crippen molar-refractivity contribution < 1.29 is 22.7 Å². The smallest absolute Gasteiger partial charge is 0.392 e. The Bertz CT molecular complexity index is 595. The maximum absolute atomic E-state index is 13.1. The van der Waals surface area contributed by atoms with Crippen molar-refractivity contribution in [2.24, 2.45) is 0 Å². The van der Waals surface area contributed by atoms with E-state index in [9.17, 15) is 17.6 Å². The first-order valence-corrected chi connectivity index (χ1v) is 5.33. The molecule has 0 radical (unpaired) electrons. The number of aliphatic hydroxyl groups excluding tert-OH is 1. The summed E-state index contributed by atoms with van der Waals surface area (Å²) in [5.41, 5.74) is -0.146. The molecule has 0 atom stereocenters. The van der Waals surface area contributed by atoms with Crippen molar-refractivity contribution in [3.05, 3.63) is 53.6 Å². The summed E-state index contributed by atoms with van der Waals surface area (Å²) in [6.07, 6.45) is -2.17. The van der Waals surface area contributed by atoms with Crippen molar-refractivity contribution in [2.45, 2.75) is 12.8 Å². The molecule has 1 heterocycles. The van der Waals surface area contributed by atoms with Gasteiger partial charge in [-0.1, -0.05) is 6.07 Å². The van der Waals surface area contributed by atoms with Gasteiger partial charge in [-0.3, -0.25) is 4.98 Å². The lowest BCUT2D eigenvalue weighted by atomic mass is 9.99. The summed E-state index contributed by atoms with van der Waals surface area (Å²) in [5, 5.41) is 9.16. The zero-order valence-electron chi connectivity index (χ0n) is 9.58. The van der Waals surface area contributed by atoms with Gasteiger partial charge in [0.05, 0.1) is 18.4 Å². The summed E-state index contributed by atoms with van der Waals surface area (Å²) in [6.45, 7) is -0.574. The number of halogens is 4. The van der Waals surface area contributed by atoms with E-state index in [1.165, 1.54) is 12.3 Å². The van der Waals surface area contributed by atoms with Gasteiger partial charge in [0.2, 0.25) is 0 Å². The second kappa shape index (κ2) is 4.97. The van der Waals surface area contributed by atoms with Crippen molar-refractivity contribution in [1.82, 2.24) is 4.98 Å². The number of pyridine rings is 1. The fraction of sp³-hybridized carbons (Fsp3) is 0.154. The number of hydrogen-bond acceptors (Lipinski definition) is 2. The summed E-state index contributed by atoms with van der Waals surface area (Å²) in [4.78, 5) is 3.63. The number of alkyl halides is 3.